The molecular weight excluding hydrogens is 392 g/mol. The molecule has 158 valence electrons. The van der Waals surface area contributed by atoms with Gasteiger partial charge in [0.1, 0.15) is 6.04 Å². The second kappa shape index (κ2) is 9.65. The van der Waals surface area contributed by atoms with Crippen LogP contribution >= 0.6 is 0 Å². The first kappa shape index (κ1) is 22.5. The molecule has 0 fully saturated rings. The van der Waals surface area contributed by atoms with Gasteiger partial charge in [-0.1, -0.05) is 31.2 Å². The molecule has 1 amide bonds. The van der Waals surface area contributed by atoms with E-state index in [0.717, 1.165) is 11.8 Å². The fraction of sp³-hybridized carbons (Fsp3) is 0.381. The average molecular weight is 421 g/mol. The summed E-state index contributed by atoms with van der Waals surface area (Å²) in [5.74, 6) is 0.776. The van der Waals surface area contributed by atoms with Gasteiger partial charge in [-0.05, 0) is 43.2 Å². The predicted octanol–water partition coefficient (Wildman–Crippen LogP) is 3.13. The standard InChI is InChI=1S/C21H28N2O5S/c1-6-18(23(29(5,25)26)17-10-8-7-9-11-17)21(24)22-15(2)16-12-13-19(27-3)20(14-16)28-4/h7-15,18H,6H2,1-5H3,(H,22,24). The van der Waals surface area contributed by atoms with Gasteiger partial charge in [-0.2, -0.15) is 0 Å². The Morgan fingerprint density at radius 3 is 2.21 bits per heavy atom. The fourth-order valence-corrected chi connectivity index (χ4v) is 4.36. The van der Waals surface area contributed by atoms with Crippen LogP contribution in [0.4, 0.5) is 5.69 Å². The molecule has 0 aromatic heterocycles. The largest absolute Gasteiger partial charge is 0.493 e. The van der Waals surface area contributed by atoms with Crippen LogP contribution < -0.4 is 19.1 Å². The fourth-order valence-electron chi connectivity index (χ4n) is 3.15. The quantitative estimate of drug-likeness (QED) is 0.674. The summed E-state index contributed by atoms with van der Waals surface area (Å²) in [5, 5.41) is 2.92. The minimum atomic E-state index is -3.66. The van der Waals surface area contributed by atoms with Gasteiger partial charge in [0, 0.05) is 0 Å². The van der Waals surface area contributed by atoms with Gasteiger partial charge in [0.25, 0.3) is 0 Å². The van der Waals surface area contributed by atoms with Gasteiger partial charge >= 0.3 is 0 Å². The molecule has 7 nitrogen and oxygen atoms in total. The SMILES string of the molecule is CCC(C(=O)NC(C)c1ccc(OC)c(OC)c1)N(c1ccccc1)S(C)(=O)=O. The van der Waals surface area contributed by atoms with Crippen molar-refractivity contribution in [3.8, 4) is 11.5 Å². The van der Waals surface area contributed by atoms with Crippen molar-refractivity contribution in [1.82, 2.24) is 5.32 Å². The molecule has 0 spiro atoms. The van der Waals surface area contributed by atoms with Crippen LogP contribution in [0.5, 0.6) is 11.5 Å². The number of benzene rings is 2. The minimum Gasteiger partial charge on any atom is -0.493 e. The normalized spacial score (nSPS) is 13.3. The number of nitrogens with zero attached hydrogens (tertiary/aromatic N) is 1. The summed E-state index contributed by atoms with van der Waals surface area (Å²) >= 11 is 0. The van der Waals surface area contributed by atoms with Crippen LogP contribution in [0.15, 0.2) is 48.5 Å². The molecule has 0 bridgehead atoms. The lowest BCUT2D eigenvalue weighted by molar-refractivity contribution is -0.122. The maximum Gasteiger partial charge on any atom is 0.244 e. The van der Waals surface area contributed by atoms with E-state index < -0.39 is 16.1 Å². The Hall–Kier alpha value is -2.74. The van der Waals surface area contributed by atoms with Gasteiger partial charge in [-0.15, -0.1) is 0 Å². The highest BCUT2D eigenvalue weighted by molar-refractivity contribution is 7.92. The number of hydrogen-bond donors (Lipinski definition) is 1. The molecule has 8 heteroatoms. The molecule has 2 aromatic rings. The highest BCUT2D eigenvalue weighted by Crippen LogP contribution is 2.30. The number of amides is 1. The maximum atomic E-state index is 13.0. The molecule has 0 aliphatic rings. The first-order valence-electron chi connectivity index (χ1n) is 9.29. The molecular formula is C21H28N2O5S. The van der Waals surface area contributed by atoms with Gasteiger partial charge in [0.2, 0.25) is 15.9 Å². The summed E-state index contributed by atoms with van der Waals surface area (Å²) in [6.45, 7) is 3.62. The van der Waals surface area contributed by atoms with Crippen LogP contribution in [0.3, 0.4) is 0 Å². The van der Waals surface area contributed by atoms with Crippen molar-refractivity contribution in [3.63, 3.8) is 0 Å². The zero-order chi connectivity index (χ0) is 21.6. The van der Waals surface area contributed by atoms with E-state index in [4.69, 9.17) is 9.47 Å². The van der Waals surface area contributed by atoms with Crippen molar-refractivity contribution in [2.45, 2.75) is 32.4 Å². The van der Waals surface area contributed by atoms with Crippen molar-refractivity contribution < 1.29 is 22.7 Å². The molecule has 0 saturated carbocycles. The number of sulfonamides is 1. The van der Waals surface area contributed by atoms with E-state index in [0.29, 0.717) is 23.6 Å². The van der Waals surface area contributed by atoms with Crippen molar-refractivity contribution in [3.05, 3.63) is 54.1 Å². The van der Waals surface area contributed by atoms with Crippen LogP contribution in [-0.2, 0) is 14.8 Å². The number of para-hydroxylation sites is 1. The maximum absolute atomic E-state index is 13.0. The Morgan fingerprint density at radius 1 is 1.07 bits per heavy atom. The lowest BCUT2D eigenvalue weighted by Gasteiger charge is -2.31. The predicted molar refractivity (Wildman–Crippen MR) is 114 cm³/mol. The monoisotopic (exact) mass is 420 g/mol. The Kier molecular flexibility index (Phi) is 7.50. The van der Waals surface area contributed by atoms with Gasteiger partial charge < -0.3 is 14.8 Å². The number of nitrogens with one attached hydrogen (secondary N) is 1. The summed E-state index contributed by atoms with van der Waals surface area (Å²) in [7, 11) is -0.561. The number of methoxy groups -OCH3 is 2. The molecule has 0 aliphatic carbocycles. The van der Waals surface area contributed by atoms with E-state index >= 15 is 0 Å². The first-order chi connectivity index (χ1) is 13.7. The van der Waals surface area contributed by atoms with E-state index in [1.807, 2.05) is 13.0 Å². The molecule has 0 saturated heterocycles. The Labute approximate surface area is 172 Å². The van der Waals surface area contributed by atoms with Gasteiger partial charge in [0.05, 0.1) is 32.2 Å². The van der Waals surface area contributed by atoms with E-state index in [-0.39, 0.29) is 11.9 Å². The number of ether oxygens (including phenoxy) is 2. The van der Waals surface area contributed by atoms with Crippen LogP contribution in [0.25, 0.3) is 0 Å². The number of carbonyl (C=O) groups excluding carboxylic acids is 1. The summed E-state index contributed by atoms with van der Waals surface area (Å²) in [5.41, 5.74) is 1.27. The van der Waals surface area contributed by atoms with E-state index in [1.54, 1.807) is 63.6 Å². The first-order valence-corrected chi connectivity index (χ1v) is 11.1. The second-order valence-electron chi connectivity index (χ2n) is 6.66. The number of rotatable bonds is 9. The zero-order valence-electron chi connectivity index (χ0n) is 17.4. The minimum absolute atomic E-state index is 0.326. The molecule has 29 heavy (non-hydrogen) atoms. The third-order valence-corrected chi connectivity index (χ3v) is 5.79. The topological polar surface area (TPSA) is 84.9 Å². The molecule has 2 unspecified atom stereocenters. The van der Waals surface area contributed by atoms with Crippen molar-refractivity contribution >= 4 is 21.6 Å². The zero-order valence-corrected chi connectivity index (χ0v) is 18.2. The number of hydrogen-bond acceptors (Lipinski definition) is 5. The Morgan fingerprint density at radius 2 is 1.69 bits per heavy atom. The van der Waals surface area contributed by atoms with Crippen LogP contribution in [0.1, 0.15) is 31.9 Å². The van der Waals surface area contributed by atoms with Gasteiger partial charge in [-0.3, -0.25) is 9.10 Å². The van der Waals surface area contributed by atoms with Crippen LogP contribution in [-0.4, -0.2) is 40.8 Å². The van der Waals surface area contributed by atoms with Crippen molar-refractivity contribution in [2.75, 3.05) is 24.8 Å². The smallest absolute Gasteiger partial charge is 0.244 e. The van der Waals surface area contributed by atoms with E-state index in [9.17, 15) is 13.2 Å². The van der Waals surface area contributed by atoms with E-state index in [2.05, 4.69) is 5.32 Å². The average Bonchev–Trinajstić information content (AvgIpc) is 2.70. The van der Waals surface area contributed by atoms with Gasteiger partial charge in [-0.25, -0.2) is 8.42 Å². The van der Waals surface area contributed by atoms with Crippen LogP contribution in [0.2, 0.25) is 0 Å². The number of anilines is 1. The summed E-state index contributed by atoms with van der Waals surface area (Å²) in [4.78, 5) is 13.0. The highest BCUT2D eigenvalue weighted by atomic mass is 32.2. The van der Waals surface area contributed by atoms with E-state index in [1.165, 1.54) is 4.31 Å². The third kappa shape index (κ3) is 5.41. The van der Waals surface area contributed by atoms with Crippen LogP contribution in [0, 0.1) is 0 Å². The lowest BCUT2D eigenvalue weighted by Crippen LogP contribution is -2.49. The molecule has 2 atom stereocenters. The Bertz CT molecular complexity index is 931. The summed E-state index contributed by atoms with van der Waals surface area (Å²) < 4.78 is 36.7. The van der Waals surface area contributed by atoms with Crippen molar-refractivity contribution in [2.24, 2.45) is 0 Å². The van der Waals surface area contributed by atoms with Crippen molar-refractivity contribution in [1.29, 1.82) is 0 Å². The summed E-state index contributed by atoms with van der Waals surface area (Å²) in [6, 6.07) is 12.8. The highest BCUT2D eigenvalue weighted by Gasteiger charge is 2.32. The molecule has 0 radical (unpaired) electrons. The molecule has 2 aromatic carbocycles. The second-order valence-corrected chi connectivity index (χ2v) is 8.52. The number of carbonyl (C=O) groups is 1. The third-order valence-electron chi connectivity index (χ3n) is 4.61. The summed E-state index contributed by atoms with van der Waals surface area (Å²) in [6.07, 6.45) is 1.43. The molecule has 2 rings (SSSR count). The van der Waals surface area contributed by atoms with Gasteiger partial charge in [0.15, 0.2) is 11.5 Å². The Balaban J connectivity index is 2.28. The molecule has 0 heterocycles. The molecule has 0 aliphatic heterocycles. The lowest BCUT2D eigenvalue weighted by atomic mass is 10.1. The molecule has 1 N–H and O–H groups in total.